The molecule has 3 atom stereocenters. The Kier molecular flexibility index (Phi) is 5.33. The average Bonchev–Trinajstić information content (AvgIpc) is 3.17. The summed E-state index contributed by atoms with van der Waals surface area (Å²) >= 11 is 0. The molecule has 7 nitrogen and oxygen atoms in total. The number of carbonyl (C=O) groups is 1. The Morgan fingerprint density at radius 2 is 2.03 bits per heavy atom. The maximum Gasteiger partial charge on any atom is 0.339 e. The zero-order valence-electron chi connectivity index (χ0n) is 15.6. The lowest BCUT2D eigenvalue weighted by molar-refractivity contribution is -0.121. The van der Waals surface area contributed by atoms with Gasteiger partial charge in [-0.15, -0.1) is 0 Å². The normalized spacial score (nSPS) is 20.3. The van der Waals surface area contributed by atoms with Crippen LogP contribution < -0.4 is 10.9 Å². The maximum atomic E-state index is 12.3. The Morgan fingerprint density at radius 1 is 1.24 bits per heavy atom. The average molecular weight is 395 g/mol. The highest BCUT2D eigenvalue weighted by molar-refractivity contribution is 5.79. The smallest absolute Gasteiger partial charge is 0.339 e. The summed E-state index contributed by atoms with van der Waals surface area (Å²) in [6.45, 7) is -0.544. The molecule has 0 bridgehead atoms. The molecule has 0 fully saturated rings. The zero-order valence-corrected chi connectivity index (χ0v) is 15.6. The fourth-order valence-corrected chi connectivity index (χ4v) is 3.58. The molecule has 1 aliphatic heterocycles. The topological polar surface area (TPSA) is 109 Å². The first-order chi connectivity index (χ1) is 14.1. The number of aliphatic hydroxyl groups is 2. The third-order valence-electron chi connectivity index (χ3n) is 5.07. The van der Waals surface area contributed by atoms with E-state index in [-0.39, 0.29) is 30.6 Å². The molecule has 1 aliphatic carbocycles. The monoisotopic (exact) mass is 395 g/mol. The Bertz CT molecular complexity index is 1020. The summed E-state index contributed by atoms with van der Waals surface area (Å²) in [7, 11) is 0. The lowest BCUT2D eigenvalue weighted by Gasteiger charge is -2.24. The number of benzene rings is 1. The number of ether oxygens (including phenoxy) is 1. The number of amides is 1. The summed E-state index contributed by atoms with van der Waals surface area (Å²) in [6, 6.07) is 11.6. The third kappa shape index (κ3) is 3.87. The van der Waals surface area contributed by atoms with Gasteiger partial charge in [0.25, 0.3) is 0 Å². The molecule has 3 N–H and O–H groups in total. The van der Waals surface area contributed by atoms with Crippen molar-refractivity contribution in [1.29, 1.82) is 0 Å². The lowest BCUT2D eigenvalue weighted by atomic mass is 9.83. The molecular formula is C22H21NO6. The van der Waals surface area contributed by atoms with Crippen LogP contribution in [-0.2, 0) is 16.0 Å². The van der Waals surface area contributed by atoms with Gasteiger partial charge in [0.05, 0.1) is 25.4 Å². The van der Waals surface area contributed by atoms with E-state index in [1.165, 1.54) is 0 Å². The lowest BCUT2D eigenvalue weighted by Crippen LogP contribution is -2.35. The molecule has 150 valence electrons. The molecule has 0 radical (unpaired) electrons. The van der Waals surface area contributed by atoms with Gasteiger partial charge in [-0.25, -0.2) is 4.79 Å². The maximum absolute atomic E-state index is 12.3. The summed E-state index contributed by atoms with van der Waals surface area (Å²) < 4.78 is 11.3. The highest BCUT2D eigenvalue weighted by Crippen LogP contribution is 2.46. The van der Waals surface area contributed by atoms with Crippen LogP contribution in [0, 0.1) is 5.92 Å². The molecule has 7 heteroatoms. The summed E-state index contributed by atoms with van der Waals surface area (Å²) in [5.41, 5.74) is 2.45. The number of aliphatic hydroxyl groups excluding tert-OH is 2. The highest BCUT2D eigenvalue weighted by atomic mass is 16.5. The minimum atomic E-state index is -1.04. The van der Waals surface area contributed by atoms with Crippen molar-refractivity contribution in [3.05, 3.63) is 81.6 Å². The van der Waals surface area contributed by atoms with Crippen LogP contribution in [0.3, 0.4) is 0 Å². The summed E-state index contributed by atoms with van der Waals surface area (Å²) in [5, 5.41) is 20.6. The standard InChI is InChI=1S/C22H21NO6/c24-11-15(25)10-23-20(26)9-14-8-17-19(29-22(14)27)7-6-16-18(12-28-21(16)17)13-4-2-1-3-5-13/h1-8,12,15-16,21,24-25H,9-11H2,(H,23,26). The summed E-state index contributed by atoms with van der Waals surface area (Å²) in [4.78, 5) is 24.4. The van der Waals surface area contributed by atoms with E-state index in [1.807, 2.05) is 36.4 Å². The molecule has 0 spiro atoms. The molecule has 2 heterocycles. The predicted molar refractivity (Wildman–Crippen MR) is 106 cm³/mol. The number of hydrogen-bond donors (Lipinski definition) is 3. The van der Waals surface area contributed by atoms with E-state index in [1.54, 1.807) is 18.4 Å². The van der Waals surface area contributed by atoms with Crippen LogP contribution in [-0.4, -0.2) is 35.4 Å². The van der Waals surface area contributed by atoms with Gasteiger partial charge in [0.2, 0.25) is 5.91 Å². The SMILES string of the molecule is O=C(Cc1cc2c(oc1=O)C=CC1C(c3ccccc3)=COC21)NCC(O)CO. The van der Waals surface area contributed by atoms with Gasteiger partial charge in [0, 0.05) is 29.2 Å². The second-order valence-corrected chi connectivity index (χ2v) is 7.08. The largest absolute Gasteiger partial charge is 0.492 e. The van der Waals surface area contributed by atoms with Crippen molar-refractivity contribution in [2.45, 2.75) is 18.6 Å². The fraction of sp³-hybridized carbons (Fsp3) is 0.273. The molecule has 3 unspecified atom stereocenters. The molecule has 1 aromatic carbocycles. The number of rotatable bonds is 6. The predicted octanol–water partition coefficient (Wildman–Crippen LogP) is 1.41. The van der Waals surface area contributed by atoms with Crippen molar-refractivity contribution < 1.29 is 24.2 Å². The first-order valence-electron chi connectivity index (χ1n) is 9.38. The minimum absolute atomic E-state index is 0.0148. The first kappa shape index (κ1) is 19.2. The number of fused-ring (bicyclic) bond motifs is 3. The van der Waals surface area contributed by atoms with Gasteiger partial charge in [0.1, 0.15) is 11.9 Å². The molecule has 2 aromatic rings. The quantitative estimate of drug-likeness (QED) is 0.682. The minimum Gasteiger partial charge on any atom is -0.492 e. The van der Waals surface area contributed by atoms with Crippen molar-refractivity contribution in [2.24, 2.45) is 5.92 Å². The van der Waals surface area contributed by atoms with Crippen LogP contribution in [0.25, 0.3) is 11.6 Å². The van der Waals surface area contributed by atoms with E-state index in [4.69, 9.17) is 14.3 Å². The number of nitrogens with one attached hydrogen (secondary N) is 1. The Balaban J connectivity index is 1.55. The van der Waals surface area contributed by atoms with Crippen LogP contribution in [0.1, 0.15) is 28.6 Å². The molecule has 2 aliphatic rings. The Morgan fingerprint density at radius 3 is 2.79 bits per heavy atom. The van der Waals surface area contributed by atoms with E-state index in [0.717, 1.165) is 16.7 Å². The van der Waals surface area contributed by atoms with Gasteiger partial charge in [-0.1, -0.05) is 36.4 Å². The summed E-state index contributed by atoms with van der Waals surface area (Å²) in [6.07, 6.45) is 3.91. The van der Waals surface area contributed by atoms with E-state index in [9.17, 15) is 14.7 Å². The van der Waals surface area contributed by atoms with E-state index >= 15 is 0 Å². The van der Waals surface area contributed by atoms with E-state index in [2.05, 4.69) is 5.32 Å². The Hall–Kier alpha value is -3.16. The molecule has 1 aromatic heterocycles. The number of carbonyl (C=O) groups excluding carboxylic acids is 1. The molecule has 0 saturated heterocycles. The van der Waals surface area contributed by atoms with Crippen LogP contribution in [0.4, 0.5) is 0 Å². The highest BCUT2D eigenvalue weighted by Gasteiger charge is 2.37. The van der Waals surface area contributed by atoms with Gasteiger partial charge in [-0.3, -0.25) is 4.79 Å². The molecule has 1 amide bonds. The van der Waals surface area contributed by atoms with E-state index < -0.39 is 24.2 Å². The van der Waals surface area contributed by atoms with Crippen molar-refractivity contribution in [3.8, 4) is 0 Å². The van der Waals surface area contributed by atoms with E-state index in [0.29, 0.717) is 5.76 Å². The van der Waals surface area contributed by atoms with Crippen LogP contribution in [0.15, 0.2) is 57.9 Å². The van der Waals surface area contributed by atoms with Crippen molar-refractivity contribution in [1.82, 2.24) is 5.32 Å². The Labute approximate surface area is 166 Å². The first-order valence-corrected chi connectivity index (χ1v) is 9.38. The third-order valence-corrected chi connectivity index (χ3v) is 5.07. The van der Waals surface area contributed by atoms with Gasteiger partial charge in [0.15, 0.2) is 0 Å². The second-order valence-electron chi connectivity index (χ2n) is 7.08. The number of hydrogen-bond acceptors (Lipinski definition) is 6. The summed E-state index contributed by atoms with van der Waals surface area (Å²) in [5.74, 6) is -0.0270. The molecule has 4 rings (SSSR count). The van der Waals surface area contributed by atoms with Crippen LogP contribution in [0.5, 0.6) is 0 Å². The van der Waals surface area contributed by atoms with Crippen LogP contribution in [0.2, 0.25) is 0 Å². The van der Waals surface area contributed by atoms with Crippen LogP contribution >= 0.6 is 0 Å². The van der Waals surface area contributed by atoms with Gasteiger partial charge < -0.3 is 24.7 Å². The fourth-order valence-electron chi connectivity index (χ4n) is 3.58. The second kappa shape index (κ2) is 8.06. The van der Waals surface area contributed by atoms with Gasteiger partial charge >= 0.3 is 5.63 Å². The zero-order chi connectivity index (χ0) is 20.4. The molecule has 29 heavy (non-hydrogen) atoms. The van der Waals surface area contributed by atoms with Crippen molar-refractivity contribution in [3.63, 3.8) is 0 Å². The van der Waals surface area contributed by atoms with Crippen molar-refractivity contribution >= 4 is 17.6 Å². The van der Waals surface area contributed by atoms with Gasteiger partial charge in [-0.2, -0.15) is 0 Å². The molecule has 0 saturated carbocycles. The molecular weight excluding hydrogens is 374 g/mol. The van der Waals surface area contributed by atoms with Gasteiger partial charge in [-0.05, 0) is 17.7 Å². The van der Waals surface area contributed by atoms with Crippen molar-refractivity contribution in [2.75, 3.05) is 13.2 Å².